The Morgan fingerprint density at radius 2 is 1.02 bits per heavy atom. The summed E-state index contributed by atoms with van der Waals surface area (Å²) in [6.07, 6.45) is 4.66. The van der Waals surface area contributed by atoms with Crippen LogP contribution in [0.2, 0.25) is 0 Å². The summed E-state index contributed by atoms with van der Waals surface area (Å²) in [5.41, 5.74) is 0.614. The zero-order valence-electron chi connectivity index (χ0n) is 22.1. The average Bonchev–Trinajstić information content (AvgIpc) is 2.95. The van der Waals surface area contributed by atoms with Gasteiger partial charge in [0, 0.05) is 13.0 Å². The van der Waals surface area contributed by atoms with Gasteiger partial charge in [0.25, 0.3) is 0 Å². The molecule has 0 atom stereocenters. The molecule has 3 aromatic rings. The maximum absolute atomic E-state index is 12.5. The Hall–Kier alpha value is -4.92. The first-order valence-electron chi connectivity index (χ1n) is 12.7. The molecule has 0 spiro atoms. The monoisotopic (exact) mass is 546 g/mol. The van der Waals surface area contributed by atoms with Gasteiger partial charge in [0.2, 0.25) is 0 Å². The molecule has 208 valence electrons. The number of ether oxygens (including phenoxy) is 5. The van der Waals surface area contributed by atoms with Gasteiger partial charge in [0.1, 0.15) is 23.0 Å². The molecule has 3 rings (SSSR count). The summed E-state index contributed by atoms with van der Waals surface area (Å²) in [5.74, 6) is -0.461. The van der Waals surface area contributed by atoms with E-state index in [-0.39, 0.29) is 17.1 Å². The van der Waals surface area contributed by atoms with Gasteiger partial charge in [-0.25, -0.2) is 14.4 Å². The highest BCUT2D eigenvalue weighted by Gasteiger charge is 2.12. The quantitative estimate of drug-likeness (QED) is 0.108. The first kappa shape index (κ1) is 29.6. The van der Waals surface area contributed by atoms with E-state index in [1.165, 1.54) is 55.5 Å². The van der Waals surface area contributed by atoms with Crippen molar-refractivity contribution in [2.24, 2.45) is 0 Å². The number of carbonyl (C=O) groups excluding carboxylic acids is 4. The number of hydrogen-bond donors (Lipinski definition) is 0. The maximum atomic E-state index is 12.5. The fourth-order valence-corrected chi connectivity index (χ4v) is 3.40. The van der Waals surface area contributed by atoms with Crippen LogP contribution in [0.4, 0.5) is 0 Å². The molecule has 0 radical (unpaired) electrons. The molecule has 3 aromatic carbocycles. The van der Waals surface area contributed by atoms with Crippen LogP contribution in [0.1, 0.15) is 53.3 Å². The number of esters is 4. The largest absolute Gasteiger partial charge is 0.494 e. The second-order valence-electron chi connectivity index (χ2n) is 8.53. The molecule has 0 fully saturated rings. The Morgan fingerprint density at radius 3 is 1.50 bits per heavy atom. The van der Waals surface area contributed by atoms with Crippen molar-refractivity contribution in [3.8, 4) is 23.0 Å². The molecular weight excluding hydrogens is 516 g/mol. The van der Waals surface area contributed by atoms with Gasteiger partial charge in [-0.05, 0) is 98.5 Å². The van der Waals surface area contributed by atoms with Crippen LogP contribution in [-0.2, 0) is 14.3 Å². The van der Waals surface area contributed by atoms with Gasteiger partial charge in [-0.3, -0.25) is 4.79 Å². The van der Waals surface area contributed by atoms with Crippen LogP contribution < -0.4 is 18.9 Å². The number of rotatable bonds is 14. The van der Waals surface area contributed by atoms with E-state index in [9.17, 15) is 19.2 Å². The Balaban J connectivity index is 1.39. The Labute approximate surface area is 232 Å². The van der Waals surface area contributed by atoms with Crippen LogP contribution in [0.5, 0.6) is 23.0 Å². The molecule has 0 aromatic heterocycles. The highest BCUT2D eigenvalue weighted by molar-refractivity contribution is 5.92. The van der Waals surface area contributed by atoms with Gasteiger partial charge in [0.15, 0.2) is 0 Å². The van der Waals surface area contributed by atoms with E-state index in [2.05, 4.69) is 6.58 Å². The van der Waals surface area contributed by atoms with E-state index in [1.807, 2.05) is 0 Å². The lowest BCUT2D eigenvalue weighted by atomic mass is 10.2. The Bertz CT molecular complexity index is 1290. The molecule has 0 aliphatic heterocycles. The summed E-state index contributed by atoms with van der Waals surface area (Å²) < 4.78 is 26.3. The third kappa shape index (κ3) is 10.1. The lowest BCUT2D eigenvalue weighted by Crippen LogP contribution is -2.10. The molecule has 9 nitrogen and oxygen atoms in total. The van der Waals surface area contributed by atoms with Crippen LogP contribution in [0.3, 0.4) is 0 Å². The molecule has 9 heteroatoms. The highest BCUT2D eigenvalue weighted by Crippen LogP contribution is 2.21. The van der Waals surface area contributed by atoms with Crippen LogP contribution >= 0.6 is 0 Å². The lowest BCUT2D eigenvalue weighted by Gasteiger charge is -2.08. The van der Waals surface area contributed by atoms with Gasteiger partial charge < -0.3 is 23.7 Å². The van der Waals surface area contributed by atoms with Crippen LogP contribution in [-0.4, -0.2) is 37.1 Å². The SMILES string of the molecule is C=CC(=O)OCCCCCCOc1ccc(C(=O)Oc2ccc(C(=O)Oc3ccc(OC(C)=O)cc3)cc2)cc1. The van der Waals surface area contributed by atoms with Crippen molar-refractivity contribution in [3.63, 3.8) is 0 Å². The predicted molar refractivity (Wildman–Crippen MR) is 146 cm³/mol. The molecular formula is C31H30O9. The molecule has 0 aliphatic carbocycles. The minimum atomic E-state index is -0.595. The van der Waals surface area contributed by atoms with Crippen molar-refractivity contribution in [2.45, 2.75) is 32.6 Å². The molecule has 0 unspecified atom stereocenters. The Morgan fingerprint density at radius 1 is 0.600 bits per heavy atom. The number of hydrogen-bond acceptors (Lipinski definition) is 9. The van der Waals surface area contributed by atoms with Gasteiger partial charge in [0.05, 0.1) is 24.3 Å². The first-order valence-corrected chi connectivity index (χ1v) is 12.7. The van der Waals surface area contributed by atoms with Gasteiger partial charge in [-0.15, -0.1) is 0 Å². The summed E-state index contributed by atoms with van der Waals surface area (Å²) in [7, 11) is 0. The van der Waals surface area contributed by atoms with Crippen LogP contribution in [0.25, 0.3) is 0 Å². The third-order valence-electron chi connectivity index (χ3n) is 5.40. The van der Waals surface area contributed by atoms with E-state index in [1.54, 1.807) is 24.3 Å². The summed E-state index contributed by atoms with van der Waals surface area (Å²) in [5, 5.41) is 0. The summed E-state index contributed by atoms with van der Waals surface area (Å²) in [4.78, 5) is 46.9. The third-order valence-corrected chi connectivity index (χ3v) is 5.40. The van der Waals surface area contributed by atoms with Crippen LogP contribution in [0, 0.1) is 0 Å². The minimum absolute atomic E-state index is 0.265. The average molecular weight is 547 g/mol. The van der Waals surface area contributed by atoms with E-state index >= 15 is 0 Å². The number of carbonyl (C=O) groups is 4. The van der Waals surface area contributed by atoms with Crippen LogP contribution in [0.15, 0.2) is 85.5 Å². The molecule has 0 heterocycles. The topological polar surface area (TPSA) is 114 Å². The number of benzene rings is 3. The molecule has 0 bridgehead atoms. The van der Waals surface area contributed by atoms with Crippen molar-refractivity contribution >= 4 is 23.9 Å². The first-order chi connectivity index (χ1) is 19.3. The molecule has 0 aliphatic rings. The van der Waals surface area contributed by atoms with Crippen molar-refractivity contribution in [2.75, 3.05) is 13.2 Å². The summed E-state index contributed by atoms with van der Waals surface area (Å²) in [6, 6.07) is 18.7. The minimum Gasteiger partial charge on any atom is -0.494 e. The second-order valence-corrected chi connectivity index (χ2v) is 8.53. The van der Waals surface area contributed by atoms with Gasteiger partial charge >= 0.3 is 23.9 Å². The molecule has 0 saturated carbocycles. The van der Waals surface area contributed by atoms with E-state index in [4.69, 9.17) is 23.7 Å². The molecule has 0 amide bonds. The fraction of sp³-hybridized carbons (Fsp3) is 0.226. The maximum Gasteiger partial charge on any atom is 0.343 e. The van der Waals surface area contributed by atoms with E-state index in [0.29, 0.717) is 30.3 Å². The zero-order valence-corrected chi connectivity index (χ0v) is 22.1. The van der Waals surface area contributed by atoms with Gasteiger partial charge in [-0.1, -0.05) is 6.58 Å². The predicted octanol–water partition coefficient (Wildman–Crippen LogP) is 5.72. The standard InChI is InChI=1S/C31H30O9/c1-3-29(33)37-21-7-5-4-6-20-36-25-12-8-23(9-13-25)30(34)39-27-14-10-24(11-15-27)31(35)40-28-18-16-26(17-19-28)38-22(2)32/h3,8-19H,1,4-7,20-21H2,2H3. The van der Waals surface area contributed by atoms with Crippen molar-refractivity contribution in [1.82, 2.24) is 0 Å². The van der Waals surface area contributed by atoms with Gasteiger partial charge in [-0.2, -0.15) is 0 Å². The smallest absolute Gasteiger partial charge is 0.343 e. The lowest BCUT2D eigenvalue weighted by molar-refractivity contribution is -0.138. The van der Waals surface area contributed by atoms with E-state index < -0.39 is 23.9 Å². The zero-order chi connectivity index (χ0) is 28.7. The van der Waals surface area contributed by atoms with Crippen molar-refractivity contribution in [3.05, 3.63) is 96.6 Å². The number of unbranched alkanes of at least 4 members (excludes halogenated alkanes) is 3. The molecule has 0 N–H and O–H groups in total. The second kappa shape index (κ2) is 15.5. The molecule has 40 heavy (non-hydrogen) atoms. The summed E-state index contributed by atoms with van der Waals surface area (Å²) >= 11 is 0. The van der Waals surface area contributed by atoms with Crippen molar-refractivity contribution in [1.29, 1.82) is 0 Å². The van der Waals surface area contributed by atoms with Crippen molar-refractivity contribution < 1.29 is 42.9 Å². The normalized spacial score (nSPS) is 10.2. The summed E-state index contributed by atoms with van der Waals surface area (Å²) in [6.45, 7) is 5.56. The fourth-order valence-electron chi connectivity index (χ4n) is 3.40. The highest BCUT2D eigenvalue weighted by atomic mass is 16.5. The van der Waals surface area contributed by atoms with E-state index in [0.717, 1.165) is 31.8 Å². The Kier molecular flexibility index (Phi) is 11.5. The molecule has 0 saturated heterocycles.